The number of hydrogen-bond acceptors (Lipinski definition) is 3. The number of nitrogens with one attached hydrogen (secondary N) is 2. The predicted molar refractivity (Wildman–Crippen MR) is 88.8 cm³/mol. The number of urea groups is 1. The molecule has 1 saturated heterocycles. The first kappa shape index (κ1) is 17.3. The molecule has 1 aliphatic heterocycles. The Kier molecular flexibility index (Phi) is 4.71. The number of amides is 2. The van der Waals surface area contributed by atoms with Gasteiger partial charge in [0.2, 0.25) is 0 Å². The van der Waals surface area contributed by atoms with Crippen LogP contribution < -0.4 is 15.5 Å². The SMILES string of the molecule is O=C(Nc1ccccc1Cl)NC1CN(c2cccc(C(F)(F)F)n2)C1. The van der Waals surface area contributed by atoms with Crippen LogP contribution in [0.15, 0.2) is 42.5 Å². The molecule has 132 valence electrons. The minimum atomic E-state index is -4.48. The van der Waals surface area contributed by atoms with Crippen LogP contribution in [-0.2, 0) is 6.18 Å². The molecule has 0 unspecified atom stereocenters. The second-order valence-corrected chi connectivity index (χ2v) is 5.97. The second-order valence-electron chi connectivity index (χ2n) is 5.56. The van der Waals surface area contributed by atoms with E-state index in [1.54, 1.807) is 29.2 Å². The molecular formula is C16H14ClF3N4O. The van der Waals surface area contributed by atoms with Gasteiger partial charge in [0.15, 0.2) is 0 Å². The lowest BCUT2D eigenvalue weighted by atomic mass is 10.1. The monoisotopic (exact) mass is 370 g/mol. The number of carbonyl (C=O) groups is 1. The zero-order valence-electron chi connectivity index (χ0n) is 12.8. The zero-order chi connectivity index (χ0) is 18.0. The lowest BCUT2D eigenvalue weighted by molar-refractivity contribution is -0.141. The minimum absolute atomic E-state index is 0.182. The molecule has 0 atom stereocenters. The molecule has 1 aromatic heterocycles. The third kappa shape index (κ3) is 4.14. The fourth-order valence-electron chi connectivity index (χ4n) is 2.42. The molecule has 25 heavy (non-hydrogen) atoms. The van der Waals surface area contributed by atoms with Crippen LogP contribution in [0, 0.1) is 0 Å². The first-order chi connectivity index (χ1) is 11.8. The first-order valence-corrected chi connectivity index (χ1v) is 7.82. The topological polar surface area (TPSA) is 57.3 Å². The molecule has 1 fully saturated rings. The maximum atomic E-state index is 12.7. The summed E-state index contributed by atoms with van der Waals surface area (Å²) in [6.07, 6.45) is -4.48. The van der Waals surface area contributed by atoms with E-state index >= 15 is 0 Å². The molecule has 0 spiro atoms. The van der Waals surface area contributed by atoms with Crippen molar-refractivity contribution in [1.82, 2.24) is 10.3 Å². The first-order valence-electron chi connectivity index (χ1n) is 7.44. The van der Waals surface area contributed by atoms with E-state index in [4.69, 9.17) is 11.6 Å². The molecule has 5 nitrogen and oxygen atoms in total. The summed E-state index contributed by atoms with van der Waals surface area (Å²) in [7, 11) is 0. The summed E-state index contributed by atoms with van der Waals surface area (Å²) >= 11 is 5.96. The number of aromatic nitrogens is 1. The Balaban J connectivity index is 1.53. The van der Waals surface area contributed by atoms with Gasteiger partial charge in [0.05, 0.1) is 16.8 Å². The van der Waals surface area contributed by atoms with Crippen LogP contribution in [0.2, 0.25) is 5.02 Å². The van der Waals surface area contributed by atoms with E-state index in [9.17, 15) is 18.0 Å². The predicted octanol–water partition coefficient (Wildman–Crippen LogP) is 3.76. The Morgan fingerprint density at radius 2 is 1.88 bits per heavy atom. The van der Waals surface area contributed by atoms with Crippen LogP contribution in [0.5, 0.6) is 0 Å². The smallest absolute Gasteiger partial charge is 0.352 e. The molecule has 9 heteroatoms. The molecule has 0 aliphatic carbocycles. The van der Waals surface area contributed by atoms with Crippen molar-refractivity contribution in [3.63, 3.8) is 0 Å². The highest BCUT2D eigenvalue weighted by Crippen LogP contribution is 2.29. The third-order valence-corrected chi connectivity index (χ3v) is 4.02. The summed E-state index contributed by atoms with van der Waals surface area (Å²) in [5.74, 6) is 0.236. The number of hydrogen-bond donors (Lipinski definition) is 2. The van der Waals surface area contributed by atoms with Crippen molar-refractivity contribution in [2.45, 2.75) is 12.2 Å². The van der Waals surface area contributed by atoms with E-state index in [1.165, 1.54) is 12.1 Å². The van der Waals surface area contributed by atoms with Crippen molar-refractivity contribution < 1.29 is 18.0 Å². The summed E-state index contributed by atoms with van der Waals surface area (Å²) in [6.45, 7) is 0.758. The highest BCUT2D eigenvalue weighted by atomic mass is 35.5. The highest BCUT2D eigenvalue weighted by molar-refractivity contribution is 6.33. The van der Waals surface area contributed by atoms with E-state index in [1.807, 2.05) is 0 Å². The number of para-hydroxylation sites is 1. The van der Waals surface area contributed by atoms with Crippen molar-refractivity contribution in [2.24, 2.45) is 0 Å². The van der Waals surface area contributed by atoms with Gasteiger partial charge in [0.25, 0.3) is 0 Å². The molecule has 2 amide bonds. The summed E-state index contributed by atoms with van der Waals surface area (Å²) < 4.78 is 38.1. The van der Waals surface area contributed by atoms with Gasteiger partial charge in [0, 0.05) is 13.1 Å². The Morgan fingerprint density at radius 1 is 1.16 bits per heavy atom. The quantitative estimate of drug-likeness (QED) is 0.864. The van der Waals surface area contributed by atoms with E-state index in [0.717, 1.165) is 6.07 Å². The fraction of sp³-hybridized carbons (Fsp3) is 0.250. The Morgan fingerprint density at radius 3 is 2.56 bits per heavy atom. The Labute approximate surface area is 146 Å². The van der Waals surface area contributed by atoms with Crippen molar-refractivity contribution in [3.05, 3.63) is 53.2 Å². The molecule has 2 aromatic rings. The minimum Gasteiger partial charge on any atom is -0.352 e. The number of pyridine rings is 1. The van der Waals surface area contributed by atoms with E-state index < -0.39 is 17.9 Å². The normalized spacial score (nSPS) is 14.8. The standard InChI is InChI=1S/C16H14ClF3N4O/c17-11-4-1-2-5-12(11)22-15(25)21-10-8-24(9-10)14-7-3-6-13(23-14)16(18,19)20/h1-7,10H,8-9H2,(H2,21,22,25). The van der Waals surface area contributed by atoms with Gasteiger partial charge in [-0.3, -0.25) is 0 Å². The molecule has 0 saturated carbocycles. The number of nitrogens with zero attached hydrogens (tertiary/aromatic N) is 2. The van der Waals surface area contributed by atoms with Gasteiger partial charge < -0.3 is 15.5 Å². The molecule has 2 heterocycles. The number of anilines is 2. The lowest BCUT2D eigenvalue weighted by Crippen LogP contribution is -2.60. The van der Waals surface area contributed by atoms with E-state index in [-0.39, 0.29) is 11.9 Å². The summed E-state index contributed by atoms with van der Waals surface area (Å²) in [6, 6.07) is 9.96. The summed E-state index contributed by atoms with van der Waals surface area (Å²) in [5, 5.41) is 5.78. The van der Waals surface area contributed by atoms with Crippen LogP contribution in [0.25, 0.3) is 0 Å². The van der Waals surface area contributed by atoms with Gasteiger partial charge in [-0.05, 0) is 24.3 Å². The molecule has 3 rings (SSSR count). The summed E-state index contributed by atoms with van der Waals surface area (Å²) in [5.41, 5.74) is -0.449. The van der Waals surface area contributed by atoms with Gasteiger partial charge >= 0.3 is 12.2 Å². The van der Waals surface area contributed by atoms with Crippen molar-refractivity contribution in [2.75, 3.05) is 23.3 Å². The molecule has 1 aliphatic rings. The summed E-state index contributed by atoms with van der Waals surface area (Å²) in [4.78, 5) is 17.2. The average Bonchev–Trinajstić information content (AvgIpc) is 2.52. The number of halogens is 4. The van der Waals surface area contributed by atoms with E-state index in [2.05, 4.69) is 15.6 Å². The van der Waals surface area contributed by atoms with Gasteiger partial charge in [-0.1, -0.05) is 29.8 Å². The van der Waals surface area contributed by atoms with Crippen molar-refractivity contribution >= 4 is 29.1 Å². The van der Waals surface area contributed by atoms with Crippen LogP contribution in [0.1, 0.15) is 5.69 Å². The number of alkyl halides is 3. The maximum Gasteiger partial charge on any atom is 0.433 e. The molecule has 0 bridgehead atoms. The zero-order valence-corrected chi connectivity index (χ0v) is 13.6. The Hall–Kier alpha value is -2.48. The lowest BCUT2D eigenvalue weighted by Gasteiger charge is -2.40. The molecule has 0 radical (unpaired) electrons. The van der Waals surface area contributed by atoms with Gasteiger partial charge in [-0.2, -0.15) is 13.2 Å². The largest absolute Gasteiger partial charge is 0.433 e. The van der Waals surface area contributed by atoms with Crippen molar-refractivity contribution in [1.29, 1.82) is 0 Å². The fourth-order valence-corrected chi connectivity index (χ4v) is 2.60. The van der Waals surface area contributed by atoms with Gasteiger partial charge in [0.1, 0.15) is 11.5 Å². The van der Waals surface area contributed by atoms with Crippen LogP contribution >= 0.6 is 11.6 Å². The molecule has 1 aromatic carbocycles. The molecule has 2 N–H and O–H groups in total. The van der Waals surface area contributed by atoms with Crippen molar-refractivity contribution in [3.8, 4) is 0 Å². The second kappa shape index (κ2) is 6.79. The van der Waals surface area contributed by atoms with Crippen LogP contribution in [0.3, 0.4) is 0 Å². The number of benzene rings is 1. The van der Waals surface area contributed by atoms with Crippen LogP contribution in [0.4, 0.5) is 29.5 Å². The third-order valence-electron chi connectivity index (χ3n) is 3.69. The van der Waals surface area contributed by atoms with Crippen LogP contribution in [-0.4, -0.2) is 30.1 Å². The maximum absolute atomic E-state index is 12.7. The number of carbonyl (C=O) groups excluding carboxylic acids is 1. The average molecular weight is 371 g/mol. The number of rotatable bonds is 3. The Bertz CT molecular complexity index is 778. The molecular weight excluding hydrogens is 357 g/mol. The van der Waals surface area contributed by atoms with Gasteiger partial charge in [-0.25, -0.2) is 9.78 Å². The highest BCUT2D eigenvalue weighted by Gasteiger charge is 2.34. The van der Waals surface area contributed by atoms with Gasteiger partial charge in [-0.15, -0.1) is 0 Å². The van der Waals surface area contributed by atoms with E-state index in [0.29, 0.717) is 23.8 Å².